The molecule has 4 nitrogen and oxygen atoms in total. The molecule has 0 spiro atoms. The molecule has 26 heavy (non-hydrogen) atoms. The van der Waals surface area contributed by atoms with Gasteiger partial charge in [-0.05, 0) is 47.9 Å². The summed E-state index contributed by atoms with van der Waals surface area (Å²) in [6.07, 6.45) is 2.29. The molecule has 1 aliphatic rings. The van der Waals surface area contributed by atoms with Gasteiger partial charge in [0.25, 0.3) is 0 Å². The van der Waals surface area contributed by atoms with Crippen molar-refractivity contribution in [2.75, 3.05) is 25.7 Å². The first-order chi connectivity index (χ1) is 12.6. The second-order valence-electron chi connectivity index (χ2n) is 6.23. The number of aromatic nitrogens is 1. The minimum absolute atomic E-state index is 0.0561. The first-order valence-corrected chi connectivity index (χ1v) is 8.34. The maximum Gasteiger partial charge on any atom is 0.161 e. The molecule has 1 aromatic heterocycles. The third-order valence-corrected chi connectivity index (χ3v) is 4.83. The van der Waals surface area contributed by atoms with E-state index >= 15 is 0 Å². The molecule has 4 rings (SSSR count). The Morgan fingerprint density at radius 2 is 1.65 bits per heavy atom. The van der Waals surface area contributed by atoms with E-state index < -0.39 is 11.6 Å². The van der Waals surface area contributed by atoms with E-state index in [0.29, 0.717) is 30.3 Å². The normalized spacial score (nSPS) is 13.6. The van der Waals surface area contributed by atoms with Crippen LogP contribution in [0.1, 0.15) is 11.1 Å². The van der Waals surface area contributed by atoms with Crippen molar-refractivity contribution >= 4 is 16.6 Å². The van der Waals surface area contributed by atoms with E-state index in [1.807, 2.05) is 17.0 Å². The predicted molar refractivity (Wildman–Crippen MR) is 96.0 cm³/mol. The Hall–Kier alpha value is -2.89. The lowest BCUT2D eigenvalue weighted by molar-refractivity contribution is 0.353. The van der Waals surface area contributed by atoms with E-state index in [0.717, 1.165) is 24.1 Å². The summed E-state index contributed by atoms with van der Waals surface area (Å²) < 4.78 is 39.2. The van der Waals surface area contributed by atoms with Gasteiger partial charge in [-0.1, -0.05) is 0 Å². The smallest absolute Gasteiger partial charge is 0.161 e. The number of nitrogens with zero attached hydrogens (tertiary/aromatic N) is 2. The lowest BCUT2D eigenvalue weighted by Gasteiger charge is -2.32. The largest absolute Gasteiger partial charge is 0.493 e. The topological polar surface area (TPSA) is 34.6 Å². The predicted octanol–water partition coefficient (Wildman–Crippen LogP) is 4.09. The molecule has 0 fully saturated rings. The van der Waals surface area contributed by atoms with Crippen molar-refractivity contribution in [1.29, 1.82) is 0 Å². The van der Waals surface area contributed by atoms with Gasteiger partial charge >= 0.3 is 0 Å². The number of hydrogen-bond donors (Lipinski definition) is 0. The monoisotopic (exact) mass is 356 g/mol. The summed E-state index contributed by atoms with van der Waals surface area (Å²) in [5.41, 5.74) is 2.95. The van der Waals surface area contributed by atoms with E-state index in [1.54, 1.807) is 20.3 Å². The third kappa shape index (κ3) is 2.62. The van der Waals surface area contributed by atoms with E-state index in [1.165, 1.54) is 11.8 Å². The minimum atomic E-state index is -0.521. The lowest BCUT2D eigenvalue weighted by atomic mass is 9.98. The standard InChI is InChI=1S/C20H18F2N2O2/c1-25-17-9-12-6-8-24(11-13(12)10-18(17)26-2)16-5-7-23-20-15(22)4-3-14(21)19(16)20/h3-5,7,9-10H,6,8,11H2,1-2H3. The van der Waals surface area contributed by atoms with Crippen molar-refractivity contribution in [3.05, 3.63) is 59.3 Å². The van der Waals surface area contributed by atoms with Crippen LogP contribution < -0.4 is 14.4 Å². The highest BCUT2D eigenvalue weighted by Gasteiger charge is 2.22. The van der Waals surface area contributed by atoms with E-state index in [4.69, 9.17) is 9.47 Å². The Morgan fingerprint density at radius 3 is 2.38 bits per heavy atom. The first kappa shape index (κ1) is 16.6. The molecule has 0 unspecified atom stereocenters. The van der Waals surface area contributed by atoms with Crippen LogP contribution in [0.15, 0.2) is 36.5 Å². The SMILES string of the molecule is COc1cc2c(cc1OC)CN(c1ccnc3c(F)ccc(F)c13)CC2. The minimum Gasteiger partial charge on any atom is -0.493 e. The van der Waals surface area contributed by atoms with Crippen molar-refractivity contribution in [2.45, 2.75) is 13.0 Å². The molecule has 0 N–H and O–H groups in total. The van der Waals surface area contributed by atoms with Crippen molar-refractivity contribution < 1.29 is 18.3 Å². The summed E-state index contributed by atoms with van der Waals surface area (Å²) in [7, 11) is 3.21. The van der Waals surface area contributed by atoms with Gasteiger partial charge in [0.2, 0.25) is 0 Å². The molecule has 0 saturated heterocycles. The first-order valence-electron chi connectivity index (χ1n) is 8.34. The summed E-state index contributed by atoms with van der Waals surface area (Å²) in [6.45, 7) is 1.27. The summed E-state index contributed by atoms with van der Waals surface area (Å²) in [5, 5.41) is 0.219. The van der Waals surface area contributed by atoms with Gasteiger partial charge in [0.1, 0.15) is 17.2 Å². The third-order valence-electron chi connectivity index (χ3n) is 4.83. The van der Waals surface area contributed by atoms with Crippen molar-refractivity contribution in [2.24, 2.45) is 0 Å². The summed E-state index contributed by atoms with van der Waals surface area (Å²) in [6, 6.07) is 7.92. The Labute approximate surface area is 150 Å². The second-order valence-corrected chi connectivity index (χ2v) is 6.23. The van der Waals surface area contributed by atoms with Gasteiger partial charge in [-0.25, -0.2) is 8.78 Å². The number of anilines is 1. The van der Waals surface area contributed by atoms with Gasteiger partial charge in [-0.15, -0.1) is 0 Å². The summed E-state index contributed by atoms with van der Waals surface area (Å²) >= 11 is 0. The molecule has 6 heteroatoms. The highest BCUT2D eigenvalue weighted by molar-refractivity contribution is 5.92. The molecule has 0 bridgehead atoms. The zero-order chi connectivity index (χ0) is 18.3. The lowest BCUT2D eigenvalue weighted by Crippen LogP contribution is -2.30. The Morgan fingerprint density at radius 1 is 0.962 bits per heavy atom. The van der Waals surface area contributed by atoms with Gasteiger partial charge in [0, 0.05) is 19.3 Å². The van der Waals surface area contributed by atoms with Crippen molar-refractivity contribution in [1.82, 2.24) is 4.98 Å². The zero-order valence-electron chi connectivity index (χ0n) is 14.6. The second kappa shape index (κ2) is 6.44. The van der Waals surface area contributed by atoms with E-state index in [9.17, 15) is 8.78 Å². The van der Waals surface area contributed by atoms with E-state index in [2.05, 4.69) is 4.98 Å². The number of hydrogen-bond acceptors (Lipinski definition) is 4. The fraction of sp³-hybridized carbons (Fsp3) is 0.250. The fourth-order valence-corrected chi connectivity index (χ4v) is 3.53. The van der Waals surface area contributed by atoms with Crippen LogP contribution in [0.2, 0.25) is 0 Å². The molecule has 3 aromatic rings. The maximum absolute atomic E-state index is 14.4. The number of benzene rings is 2. The van der Waals surface area contributed by atoms with Crippen LogP contribution >= 0.6 is 0 Å². The molecular formula is C20H18F2N2O2. The van der Waals surface area contributed by atoms with Crippen LogP contribution in [-0.2, 0) is 13.0 Å². The Balaban J connectivity index is 1.78. The molecule has 2 aromatic carbocycles. The van der Waals surface area contributed by atoms with Crippen LogP contribution in [0.5, 0.6) is 11.5 Å². The number of fused-ring (bicyclic) bond motifs is 2. The molecular weight excluding hydrogens is 338 g/mol. The van der Waals surface area contributed by atoms with E-state index in [-0.39, 0.29) is 10.9 Å². The maximum atomic E-state index is 14.4. The van der Waals surface area contributed by atoms with Crippen LogP contribution in [0.4, 0.5) is 14.5 Å². The summed E-state index contributed by atoms with van der Waals surface area (Å²) in [5.74, 6) is 0.363. The van der Waals surface area contributed by atoms with Crippen LogP contribution in [0.25, 0.3) is 10.9 Å². The highest BCUT2D eigenvalue weighted by Crippen LogP contribution is 2.36. The molecule has 0 aliphatic carbocycles. The van der Waals surface area contributed by atoms with Crippen LogP contribution in [0.3, 0.4) is 0 Å². The van der Waals surface area contributed by atoms with Gasteiger partial charge in [0.15, 0.2) is 11.5 Å². The fourth-order valence-electron chi connectivity index (χ4n) is 3.53. The van der Waals surface area contributed by atoms with Gasteiger partial charge in [-0.3, -0.25) is 4.98 Å². The van der Waals surface area contributed by atoms with Gasteiger partial charge < -0.3 is 14.4 Å². The molecule has 0 saturated carbocycles. The Kier molecular flexibility index (Phi) is 4.11. The van der Waals surface area contributed by atoms with Crippen LogP contribution in [0, 0.1) is 11.6 Å². The van der Waals surface area contributed by atoms with Crippen molar-refractivity contribution in [3.8, 4) is 11.5 Å². The number of halogens is 2. The highest BCUT2D eigenvalue weighted by atomic mass is 19.1. The summed E-state index contributed by atoms with van der Waals surface area (Å²) in [4.78, 5) is 6.06. The quantitative estimate of drug-likeness (QED) is 0.708. The average molecular weight is 356 g/mol. The van der Waals surface area contributed by atoms with Crippen LogP contribution in [-0.4, -0.2) is 25.7 Å². The number of pyridine rings is 1. The molecule has 2 heterocycles. The van der Waals surface area contributed by atoms with Crippen molar-refractivity contribution in [3.63, 3.8) is 0 Å². The number of ether oxygens (including phenoxy) is 2. The Bertz CT molecular complexity index is 991. The average Bonchev–Trinajstić information content (AvgIpc) is 2.68. The molecule has 0 atom stereocenters. The molecule has 0 amide bonds. The zero-order valence-corrected chi connectivity index (χ0v) is 14.6. The van der Waals surface area contributed by atoms with Gasteiger partial charge in [-0.2, -0.15) is 0 Å². The number of rotatable bonds is 3. The molecule has 0 radical (unpaired) electrons. The number of methoxy groups -OCH3 is 2. The molecule has 134 valence electrons. The van der Waals surface area contributed by atoms with Gasteiger partial charge in [0.05, 0.1) is 25.3 Å². The molecule has 1 aliphatic heterocycles.